The zero-order valence-corrected chi connectivity index (χ0v) is 15.3. The number of amides is 1. The lowest BCUT2D eigenvalue weighted by molar-refractivity contribution is 0.0914. The summed E-state index contributed by atoms with van der Waals surface area (Å²) in [5.74, 6) is 0.686. The largest absolute Gasteiger partial charge is 0.350 e. The number of rotatable bonds is 5. The molecule has 1 saturated heterocycles. The molecule has 0 aliphatic carbocycles. The molecule has 2 aromatic heterocycles. The van der Waals surface area contributed by atoms with Gasteiger partial charge >= 0.3 is 0 Å². The van der Waals surface area contributed by atoms with Crippen LogP contribution in [0.3, 0.4) is 0 Å². The Morgan fingerprint density at radius 2 is 2.21 bits per heavy atom. The van der Waals surface area contributed by atoms with Gasteiger partial charge in [0.05, 0.1) is 11.6 Å². The van der Waals surface area contributed by atoms with Crippen LogP contribution in [0.1, 0.15) is 41.0 Å². The highest BCUT2D eigenvalue weighted by molar-refractivity contribution is 7.10. The summed E-state index contributed by atoms with van der Waals surface area (Å²) in [6, 6.07) is 7.81. The highest BCUT2D eigenvalue weighted by atomic mass is 35.5. The molecule has 1 amide bonds. The van der Waals surface area contributed by atoms with Gasteiger partial charge in [-0.2, -0.15) is 0 Å². The van der Waals surface area contributed by atoms with Crippen LogP contribution in [0.2, 0.25) is 5.15 Å². The maximum absolute atomic E-state index is 12.4. The van der Waals surface area contributed by atoms with Gasteiger partial charge in [0, 0.05) is 17.6 Å². The molecule has 1 N–H and O–H groups in total. The van der Waals surface area contributed by atoms with Crippen LogP contribution in [-0.4, -0.2) is 35.4 Å². The lowest BCUT2D eigenvalue weighted by atomic mass is 9.97. The van der Waals surface area contributed by atoms with Crippen molar-refractivity contribution >= 4 is 28.8 Å². The number of carbonyl (C=O) groups excluding carboxylic acids is 1. The van der Waals surface area contributed by atoms with Gasteiger partial charge in [0.15, 0.2) is 0 Å². The Morgan fingerprint density at radius 1 is 1.42 bits per heavy atom. The number of hydrogen-bond donors (Lipinski definition) is 1. The third kappa shape index (κ3) is 4.35. The second-order valence-corrected chi connectivity index (χ2v) is 7.70. The van der Waals surface area contributed by atoms with Crippen molar-refractivity contribution in [3.05, 3.63) is 51.4 Å². The fourth-order valence-corrected chi connectivity index (χ4v) is 4.00. The van der Waals surface area contributed by atoms with Crippen LogP contribution in [0.4, 0.5) is 0 Å². The molecule has 1 unspecified atom stereocenters. The van der Waals surface area contributed by atoms with Crippen LogP contribution in [0.5, 0.6) is 0 Å². The van der Waals surface area contributed by atoms with Crippen molar-refractivity contribution in [2.24, 2.45) is 5.92 Å². The van der Waals surface area contributed by atoms with E-state index in [1.807, 2.05) is 0 Å². The minimum Gasteiger partial charge on any atom is -0.350 e. The molecular formula is C18H22ClN3OS. The zero-order chi connectivity index (χ0) is 16.9. The summed E-state index contributed by atoms with van der Waals surface area (Å²) in [6.45, 7) is 5.09. The molecule has 1 aliphatic rings. The summed E-state index contributed by atoms with van der Waals surface area (Å²) >= 11 is 7.53. The van der Waals surface area contributed by atoms with E-state index in [2.05, 4.69) is 39.6 Å². The standard InChI is InChI=1S/C18H22ClN3OS/c1-13-6-8-22(9-7-13)15(16-3-2-10-24-16)12-21-18(23)14-4-5-17(19)20-11-14/h2-5,10-11,13,15H,6-9,12H2,1H3,(H,21,23). The number of hydrogen-bond acceptors (Lipinski definition) is 4. The van der Waals surface area contributed by atoms with Gasteiger partial charge in [-0.1, -0.05) is 24.6 Å². The second-order valence-electron chi connectivity index (χ2n) is 6.33. The Hall–Kier alpha value is -1.43. The Balaban J connectivity index is 1.66. The van der Waals surface area contributed by atoms with Crippen molar-refractivity contribution < 1.29 is 4.79 Å². The molecule has 0 saturated carbocycles. The van der Waals surface area contributed by atoms with Gasteiger partial charge in [0.1, 0.15) is 5.15 Å². The summed E-state index contributed by atoms with van der Waals surface area (Å²) in [5.41, 5.74) is 0.539. The molecule has 24 heavy (non-hydrogen) atoms. The fourth-order valence-electron chi connectivity index (χ4n) is 3.03. The number of nitrogens with one attached hydrogen (secondary N) is 1. The second kappa shape index (κ2) is 8.10. The minimum absolute atomic E-state index is 0.105. The van der Waals surface area contributed by atoms with Crippen molar-refractivity contribution in [2.75, 3.05) is 19.6 Å². The molecule has 4 nitrogen and oxygen atoms in total. The zero-order valence-electron chi connectivity index (χ0n) is 13.7. The minimum atomic E-state index is -0.105. The molecule has 0 spiro atoms. The predicted molar refractivity (Wildman–Crippen MR) is 98.6 cm³/mol. The normalized spacial score (nSPS) is 17.6. The Morgan fingerprint density at radius 3 is 2.83 bits per heavy atom. The molecule has 6 heteroatoms. The first-order valence-electron chi connectivity index (χ1n) is 8.30. The van der Waals surface area contributed by atoms with E-state index in [0.717, 1.165) is 19.0 Å². The van der Waals surface area contributed by atoms with Gasteiger partial charge in [0.25, 0.3) is 5.91 Å². The number of aromatic nitrogens is 1. The average molecular weight is 364 g/mol. The van der Waals surface area contributed by atoms with Gasteiger partial charge in [-0.25, -0.2) is 4.98 Å². The molecule has 2 aromatic rings. The molecule has 0 aromatic carbocycles. The van der Waals surface area contributed by atoms with Gasteiger partial charge in [0.2, 0.25) is 0 Å². The first-order chi connectivity index (χ1) is 11.6. The van der Waals surface area contributed by atoms with E-state index < -0.39 is 0 Å². The third-order valence-corrected chi connectivity index (χ3v) is 5.77. The highest BCUT2D eigenvalue weighted by Gasteiger charge is 2.25. The number of pyridine rings is 1. The molecule has 128 valence electrons. The van der Waals surface area contributed by atoms with Crippen LogP contribution < -0.4 is 5.32 Å². The van der Waals surface area contributed by atoms with Crippen molar-refractivity contribution in [3.8, 4) is 0 Å². The van der Waals surface area contributed by atoms with E-state index in [1.165, 1.54) is 23.9 Å². The van der Waals surface area contributed by atoms with E-state index in [0.29, 0.717) is 17.3 Å². The molecule has 0 bridgehead atoms. The maximum atomic E-state index is 12.4. The Labute approximate surface area is 151 Å². The number of likely N-dealkylation sites (tertiary alicyclic amines) is 1. The Kier molecular flexibility index (Phi) is 5.87. The SMILES string of the molecule is CC1CCN(C(CNC(=O)c2ccc(Cl)nc2)c2cccs2)CC1. The summed E-state index contributed by atoms with van der Waals surface area (Å²) in [4.78, 5) is 20.1. The Bertz CT molecular complexity index is 651. The smallest absolute Gasteiger partial charge is 0.252 e. The fraction of sp³-hybridized carbons (Fsp3) is 0.444. The first kappa shape index (κ1) is 17.4. The molecule has 3 rings (SSSR count). The van der Waals surface area contributed by atoms with Crippen molar-refractivity contribution in [1.82, 2.24) is 15.2 Å². The maximum Gasteiger partial charge on any atom is 0.252 e. The number of thiophene rings is 1. The van der Waals surface area contributed by atoms with Crippen LogP contribution >= 0.6 is 22.9 Å². The van der Waals surface area contributed by atoms with Crippen LogP contribution in [0, 0.1) is 5.92 Å². The first-order valence-corrected chi connectivity index (χ1v) is 9.56. The predicted octanol–water partition coefficient (Wildman–Crippen LogP) is 4.00. The van der Waals surface area contributed by atoms with Gasteiger partial charge in [-0.05, 0) is 55.4 Å². The lowest BCUT2D eigenvalue weighted by Gasteiger charge is -2.36. The number of carbonyl (C=O) groups is 1. The van der Waals surface area contributed by atoms with Gasteiger partial charge < -0.3 is 5.32 Å². The quantitative estimate of drug-likeness (QED) is 0.816. The average Bonchev–Trinajstić information content (AvgIpc) is 3.11. The number of nitrogens with zero attached hydrogens (tertiary/aromatic N) is 2. The molecule has 1 fully saturated rings. The van der Waals surface area contributed by atoms with Crippen molar-refractivity contribution in [1.29, 1.82) is 0 Å². The molecule has 1 atom stereocenters. The van der Waals surface area contributed by atoms with Crippen LogP contribution in [0.25, 0.3) is 0 Å². The summed E-state index contributed by atoms with van der Waals surface area (Å²) in [7, 11) is 0. The molecule has 1 aliphatic heterocycles. The van der Waals surface area contributed by atoms with Gasteiger partial charge in [-0.15, -0.1) is 11.3 Å². The van der Waals surface area contributed by atoms with Crippen molar-refractivity contribution in [2.45, 2.75) is 25.8 Å². The van der Waals surface area contributed by atoms with E-state index in [9.17, 15) is 4.79 Å². The highest BCUT2D eigenvalue weighted by Crippen LogP contribution is 2.29. The topological polar surface area (TPSA) is 45.2 Å². The molecular weight excluding hydrogens is 342 g/mol. The van der Waals surface area contributed by atoms with Gasteiger partial charge in [-0.3, -0.25) is 9.69 Å². The van der Waals surface area contributed by atoms with E-state index in [4.69, 9.17) is 11.6 Å². The number of halogens is 1. The van der Waals surface area contributed by atoms with Crippen LogP contribution in [0.15, 0.2) is 35.8 Å². The molecule has 0 radical (unpaired) electrons. The van der Waals surface area contributed by atoms with Crippen LogP contribution in [-0.2, 0) is 0 Å². The summed E-state index contributed by atoms with van der Waals surface area (Å²) in [5, 5.41) is 5.55. The van der Waals surface area contributed by atoms with E-state index in [-0.39, 0.29) is 11.9 Å². The summed E-state index contributed by atoms with van der Waals surface area (Å²) in [6.07, 6.45) is 3.95. The summed E-state index contributed by atoms with van der Waals surface area (Å²) < 4.78 is 0. The van der Waals surface area contributed by atoms with E-state index >= 15 is 0 Å². The third-order valence-electron chi connectivity index (χ3n) is 4.58. The molecule has 3 heterocycles. The van der Waals surface area contributed by atoms with E-state index in [1.54, 1.807) is 23.5 Å². The number of piperidine rings is 1. The van der Waals surface area contributed by atoms with Crippen molar-refractivity contribution in [3.63, 3.8) is 0 Å². The lowest BCUT2D eigenvalue weighted by Crippen LogP contribution is -2.41. The monoisotopic (exact) mass is 363 g/mol.